The minimum Gasteiger partial charge on any atom is -0.312 e. The number of rotatable bonds is 3. The summed E-state index contributed by atoms with van der Waals surface area (Å²) >= 11 is 0. The monoisotopic (exact) mass is 414 g/mol. The molecule has 5 nitrogen and oxygen atoms in total. The molecule has 0 saturated heterocycles. The van der Waals surface area contributed by atoms with Gasteiger partial charge in [0.2, 0.25) is 5.91 Å². The lowest BCUT2D eigenvalue weighted by atomic mass is 10.0. The van der Waals surface area contributed by atoms with Crippen molar-refractivity contribution in [1.82, 2.24) is 15.2 Å². The average molecular weight is 415 g/mol. The number of pyridine rings is 1. The van der Waals surface area contributed by atoms with Crippen LogP contribution in [0.2, 0.25) is 0 Å². The summed E-state index contributed by atoms with van der Waals surface area (Å²) in [5.74, 6) is 0.0873. The number of fused-ring (bicyclic) bond motifs is 1. The molecule has 4 rings (SSSR count). The van der Waals surface area contributed by atoms with E-state index in [0.29, 0.717) is 0 Å². The lowest BCUT2D eigenvalue weighted by molar-refractivity contribution is -0.116. The van der Waals surface area contributed by atoms with Crippen LogP contribution < -0.4 is 10.2 Å². The maximum atomic E-state index is 12.5. The van der Waals surface area contributed by atoms with Gasteiger partial charge in [0.15, 0.2) is 0 Å². The van der Waals surface area contributed by atoms with Crippen molar-refractivity contribution < 1.29 is 4.79 Å². The molecule has 0 aliphatic carbocycles. The van der Waals surface area contributed by atoms with Gasteiger partial charge < -0.3 is 10.2 Å². The summed E-state index contributed by atoms with van der Waals surface area (Å²) in [7, 11) is 0. The zero-order valence-electron chi connectivity index (χ0n) is 18.1. The molecule has 1 amide bonds. The fourth-order valence-electron chi connectivity index (χ4n) is 4.18. The van der Waals surface area contributed by atoms with E-state index in [4.69, 9.17) is 0 Å². The second-order valence-corrected chi connectivity index (χ2v) is 8.05. The van der Waals surface area contributed by atoms with E-state index in [9.17, 15) is 4.79 Å². The Morgan fingerprint density at radius 2 is 1.87 bits per heavy atom. The van der Waals surface area contributed by atoms with Gasteiger partial charge in [-0.3, -0.25) is 14.7 Å². The second kappa shape index (κ2) is 10.3. The standard InChI is InChI=1S/C26H30N4O/c1-21(31)30-15-6-14-29(20-22-7-3-2-4-8-22)16-13-28-19-25-17-23(10-11-26(25)30)24-9-5-12-27-18-24/h2-5,7-12,17-18,28H,6,13-16,19-20H2,1H3. The number of aromatic nitrogens is 1. The van der Waals surface area contributed by atoms with Crippen LogP contribution >= 0.6 is 0 Å². The van der Waals surface area contributed by atoms with Gasteiger partial charge in [-0.15, -0.1) is 0 Å². The summed E-state index contributed by atoms with van der Waals surface area (Å²) in [5, 5.41) is 3.60. The molecule has 0 radical (unpaired) electrons. The molecule has 0 spiro atoms. The normalized spacial score (nSPS) is 15.7. The van der Waals surface area contributed by atoms with E-state index >= 15 is 0 Å². The number of carbonyl (C=O) groups excluding carboxylic acids is 1. The number of carbonyl (C=O) groups is 1. The number of hydrogen-bond acceptors (Lipinski definition) is 4. The summed E-state index contributed by atoms with van der Waals surface area (Å²) in [6, 6.07) is 21.0. The lowest BCUT2D eigenvalue weighted by Crippen LogP contribution is -2.34. The first kappa shape index (κ1) is 21.2. The first-order valence-electron chi connectivity index (χ1n) is 11.0. The smallest absolute Gasteiger partial charge is 0.223 e. The van der Waals surface area contributed by atoms with Crippen molar-refractivity contribution in [3.63, 3.8) is 0 Å². The van der Waals surface area contributed by atoms with E-state index in [0.717, 1.165) is 68.1 Å². The Balaban J connectivity index is 1.55. The van der Waals surface area contributed by atoms with Crippen LogP contribution in [0.4, 0.5) is 5.69 Å². The molecule has 0 saturated carbocycles. The first-order valence-corrected chi connectivity index (χ1v) is 11.0. The minimum atomic E-state index is 0.0873. The van der Waals surface area contributed by atoms with E-state index in [1.807, 2.05) is 17.2 Å². The highest BCUT2D eigenvalue weighted by molar-refractivity contribution is 5.92. The fourth-order valence-corrected chi connectivity index (χ4v) is 4.18. The molecule has 1 N–H and O–H groups in total. The molecule has 5 heteroatoms. The van der Waals surface area contributed by atoms with Crippen molar-refractivity contribution in [3.05, 3.63) is 84.2 Å². The summed E-state index contributed by atoms with van der Waals surface area (Å²) in [4.78, 5) is 21.2. The number of anilines is 1. The summed E-state index contributed by atoms with van der Waals surface area (Å²) in [5.41, 5.74) is 5.68. The van der Waals surface area contributed by atoms with Crippen molar-refractivity contribution >= 4 is 11.6 Å². The third kappa shape index (κ3) is 5.57. The van der Waals surface area contributed by atoms with E-state index in [1.165, 1.54) is 5.56 Å². The van der Waals surface area contributed by atoms with Crippen molar-refractivity contribution in [2.45, 2.75) is 26.4 Å². The van der Waals surface area contributed by atoms with Crippen molar-refractivity contribution in [1.29, 1.82) is 0 Å². The predicted molar refractivity (Wildman–Crippen MR) is 126 cm³/mol. The minimum absolute atomic E-state index is 0.0873. The molecule has 3 aromatic rings. The fraction of sp³-hybridized carbons (Fsp3) is 0.308. The molecule has 2 aromatic carbocycles. The molecular weight excluding hydrogens is 384 g/mol. The molecule has 0 unspecified atom stereocenters. The molecule has 1 aromatic heterocycles. The third-order valence-electron chi connectivity index (χ3n) is 5.77. The predicted octanol–water partition coefficient (Wildman–Crippen LogP) is 4.10. The van der Waals surface area contributed by atoms with Gasteiger partial charge in [0.05, 0.1) is 0 Å². The summed E-state index contributed by atoms with van der Waals surface area (Å²) in [6.07, 6.45) is 4.61. The maximum Gasteiger partial charge on any atom is 0.223 e. The highest BCUT2D eigenvalue weighted by Crippen LogP contribution is 2.28. The molecule has 0 fully saturated rings. The highest BCUT2D eigenvalue weighted by Gasteiger charge is 2.18. The number of benzene rings is 2. The largest absolute Gasteiger partial charge is 0.312 e. The van der Waals surface area contributed by atoms with Crippen molar-refractivity contribution in [2.75, 3.05) is 31.1 Å². The van der Waals surface area contributed by atoms with Gasteiger partial charge in [0, 0.05) is 64.3 Å². The Morgan fingerprint density at radius 3 is 2.65 bits per heavy atom. The van der Waals surface area contributed by atoms with Crippen LogP contribution in [0.25, 0.3) is 11.1 Å². The molecule has 1 aliphatic rings. The van der Waals surface area contributed by atoms with Gasteiger partial charge in [0.25, 0.3) is 0 Å². The van der Waals surface area contributed by atoms with Gasteiger partial charge in [-0.05, 0) is 46.9 Å². The first-order chi connectivity index (χ1) is 15.2. The van der Waals surface area contributed by atoms with Gasteiger partial charge in [-0.1, -0.05) is 42.5 Å². The van der Waals surface area contributed by atoms with Gasteiger partial charge in [-0.2, -0.15) is 0 Å². The Labute approximate surface area is 184 Å². The molecule has 1 aliphatic heterocycles. The zero-order chi connectivity index (χ0) is 21.5. The molecule has 2 heterocycles. The zero-order valence-corrected chi connectivity index (χ0v) is 18.1. The van der Waals surface area contributed by atoms with Crippen LogP contribution in [0.3, 0.4) is 0 Å². The van der Waals surface area contributed by atoms with Crippen LogP contribution in [0.5, 0.6) is 0 Å². The molecule has 160 valence electrons. The van der Waals surface area contributed by atoms with E-state index < -0.39 is 0 Å². The number of amides is 1. The van der Waals surface area contributed by atoms with E-state index in [-0.39, 0.29) is 5.91 Å². The van der Waals surface area contributed by atoms with Gasteiger partial charge in [0.1, 0.15) is 0 Å². The summed E-state index contributed by atoms with van der Waals surface area (Å²) in [6.45, 7) is 6.89. The Hall–Kier alpha value is -3.02. The number of nitrogens with one attached hydrogen (secondary N) is 1. The van der Waals surface area contributed by atoms with Crippen LogP contribution in [0.1, 0.15) is 24.5 Å². The van der Waals surface area contributed by atoms with E-state index in [1.54, 1.807) is 13.1 Å². The van der Waals surface area contributed by atoms with Gasteiger partial charge >= 0.3 is 0 Å². The average Bonchev–Trinajstić information content (AvgIpc) is 2.84. The quantitative estimate of drug-likeness (QED) is 0.701. The van der Waals surface area contributed by atoms with Crippen molar-refractivity contribution in [3.8, 4) is 11.1 Å². The third-order valence-corrected chi connectivity index (χ3v) is 5.77. The van der Waals surface area contributed by atoms with Crippen LogP contribution in [0, 0.1) is 0 Å². The number of hydrogen-bond donors (Lipinski definition) is 1. The Kier molecular flexibility index (Phi) is 7.07. The maximum absolute atomic E-state index is 12.5. The lowest BCUT2D eigenvalue weighted by Gasteiger charge is -2.26. The topological polar surface area (TPSA) is 48.5 Å². The van der Waals surface area contributed by atoms with Gasteiger partial charge in [-0.25, -0.2) is 0 Å². The summed E-state index contributed by atoms with van der Waals surface area (Å²) < 4.78 is 0. The second-order valence-electron chi connectivity index (χ2n) is 8.05. The molecule has 31 heavy (non-hydrogen) atoms. The van der Waals surface area contributed by atoms with E-state index in [2.05, 4.69) is 69.8 Å². The SMILES string of the molecule is CC(=O)N1CCCN(Cc2ccccc2)CCNCc2cc(-c3cccnc3)ccc21. The Bertz CT molecular complexity index is 991. The Morgan fingerprint density at radius 1 is 1.00 bits per heavy atom. The highest BCUT2D eigenvalue weighted by atomic mass is 16.2. The van der Waals surface area contributed by atoms with Crippen molar-refractivity contribution in [2.24, 2.45) is 0 Å². The molecule has 0 bridgehead atoms. The van der Waals surface area contributed by atoms with Crippen LogP contribution in [0.15, 0.2) is 73.1 Å². The molecule has 0 atom stereocenters. The van der Waals surface area contributed by atoms with Crippen LogP contribution in [-0.4, -0.2) is 42.0 Å². The number of nitrogens with zero attached hydrogens (tertiary/aromatic N) is 3. The van der Waals surface area contributed by atoms with Crippen LogP contribution in [-0.2, 0) is 17.9 Å². The molecular formula is C26H30N4O.